The van der Waals surface area contributed by atoms with E-state index in [1.807, 2.05) is 31.2 Å². The number of rotatable bonds is 5. The third kappa shape index (κ3) is 3.42. The van der Waals surface area contributed by atoms with Gasteiger partial charge >= 0.3 is 0 Å². The second kappa shape index (κ2) is 6.48. The number of benzene rings is 2. The smallest absolute Gasteiger partial charge is 0.131 e. The fourth-order valence-corrected chi connectivity index (χ4v) is 2.18. The maximum atomic E-state index is 14.0. The molecule has 0 unspecified atom stereocenters. The quantitative estimate of drug-likeness (QED) is 0.787. The lowest BCUT2D eigenvalue weighted by molar-refractivity contribution is 0.630. The van der Waals surface area contributed by atoms with E-state index in [0.29, 0.717) is 5.56 Å². The highest BCUT2D eigenvalue weighted by atomic mass is 19.1. The number of hydrogen-bond acceptors (Lipinski definition) is 1. The molecule has 2 heteroatoms. The molecule has 0 fully saturated rings. The van der Waals surface area contributed by atoms with E-state index in [1.54, 1.807) is 12.1 Å². The van der Waals surface area contributed by atoms with Crippen LogP contribution in [-0.4, -0.2) is 6.54 Å². The molecule has 0 aliphatic carbocycles. The van der Waals surface area contributed by atoms with Gasteiger partial charge in [-0.2, -0.15) is 0 Å². The predicted molar refractivity (Wildman–Crippen MR) is 78.6 cm³/mol. The van der Waals surface area contributed by atoms with Crippen molar-refractivity contribution in [3.05, 3.63) is 59.4 Å². The summed E-state index contributed by atoms with van der Waals surface area (Å²) in [5, 5.41) is 3.37. The van der Waals surface area contributed by atoms with Crippen molar-refractivity contribution in [3.63, 3.8) is 0 Å². The van der Waals surface area contributed by atoms with Crippen molar-refractivity contribution in [1.29, 1.82) is 0 Å². The first-order chi connectivity index (χ1) is 9.22. The highest BCUT2D eigenvalue weighted by Crippen LogP contribution is 2.27. The van der Waals surface area contributed by atoms with Crippen LogP contribution < -0.4 is 5.32 Å². The molecule has 0 spiro atoms. The molecule has 2 aromatic rings. The first-order valence-electron chi connectivity index (χ1n) is 6.77. The molecular formula is C17H20FN. The van der Waals surface area contributed by atoms with Crippen LogP contribution in [0.5, 0.6) is 0 Å². The van der Waals surface area contributed by atoms with Gasteiger partial charge < -0.3 is 5.32 Å². The first-order valence-corrected chi connectivity index (χ1v) is 6.77. The van der Waals surface area contributed by atoms with E-state index in [1.165, 1.54) is 0 Å². The van der Waals surface area contributed by atoms with Crippen molar-refractivity contribution in [2.45, 2.75) is 26.8 Å². The summed E-state index contributed by atoms with van der Waals surface area (Å²) in [7, 11) is 0. The fraction of sp³-hybridized carbons (Fsp3) is 0.294. The molecule has 100 valence electrons. The topological polar surface area (TPSA) is 12.0 Å². The highest BCUT2D eigenvalue weighted by Gasteiger charge is 2.09. The third-order valence-corrected chi connectivity index (χ3v) is 3.17. The SMILES string of the molecule is CCCNCc1ccccc1-c1cc(C)ccc1F. The molecule has 2 rings (SSSR count). The van der Waals surface area contributed by atoms with Crippen molar-refractivity contribution in [2.75, 3.05) is 6.54 Å². The Balaban J connectivity index is 2.35. The molecule has 0 aromatic heterocycles. The molecule has 0 atom stereocenters. The lowest BCUT2D eigenvalue weighted by Crippen LogP contribution is -2.14. The largest absolute Gasteiger partial charge is 0.313 e. The van der Waals surface area contributed by atoms with Crippen LogP contribution >= 0.6 is 0 Å². The minimum atomic E-state index is -0.159. The van der Waals surface area contributed by atoms with E-state index in [4.69, 9.17) is 0 Å². The van der Waals surface area contributed by atoms with E-state index in [2.05, 4.69) is 18.3 Å². The minimum absolute atomic E-state index is 0.159. The van der Waals surface area contributed by atoms with E-state index in [0.717, 1.165) is 36.2 Å². The van der Waals surface area contributed by atoms with Gasteiger partial charge in [-0.25, -0.2) is 4.39 Å². The van der Waals surface area contributed by atoms with Gasteiger partial charge in [-0.1, -0.05) is 42.8 Å². The monoisotopic (exact) mass is 257 g/mol. The zero-order valence-corrected chi connectivity index (χ0v) is 11.5. The van der Waals surface area contributed by atoms with Gasteiger partial charge in [0.15, 0.2) is 0 Å². The van der Waals surface area contributed by atoms with Crippen LogP contribution in [0.1, 0.15) is 24.5 Å². The Bertz CT molecular complexity index is 549. The van der Waals surface area contributed by atoms with Gasteiger partial charge in [0.1, 0.15) is 5.82 Å². The number of nitrogens with one attached hydrogen (secondary N) is 1. The zero-order chi connectivity index (χ0) is 13.7. The van der Waals surface area contributed by atoms with E-state index in [-0.39, 0.29) is 5.82 Å². The van der Waals surface area contributed by atoms with Crippen LogP contribution in [0.3, 0.4) is 0 Å². The summed E-state index contributed by atoms with van der Waals surface area (Å²) < 4.78 is 14.0. The molecule has 1 nitrogen and oxygen atoms in total. The summed E-state index contributed by atoms with van der Waals surface area (Å²) in [6, 6.07) is 13.3. The molecule has 0 aliphatic heterocycles. The van der Waals surface area contributed by atoms with Gasteiger partial charge in [0.05, 0.1) is 0 Å². The van der Waals surface area contributed by atoms with E-state index < -0.39 is 0 Å². The number of halogens is 1. The van der Waals surface area contributed by atoms with Gasteiger partial charge in [-0.15, -0.1) is 0 Å². The van der Waals surface area contributed by atoms with Crippen molar-refractivity contribution >= 4 is 0 Å². The molecular weight excluding hydrogens is 237 g/mol. The Morgan fingerprint density at radius 3 is 2.63 bits per heavy atom. The van der Waals surface area contributed by atoms with Crippen LogP contribution in [0.15, 0.2) is 42.5 Å². The summed E-state index contributed by atoms with van der Waals surface area (Å²) in [6.07, 6.45) is 1.10. The van der Waals surface area contributed by atoms with Crippen LogP contribution in [0.25, 0.3) is 11.1 Å². The van der Waals surface area contributed by atoms with Gasteiger partial charge in [-0.05, 0) is 43.1 Å². The summed E-state index contributed by atoms with van der Waals surface area (Å²) in [6.45, 7) is 5.88. The van der Waals surface area contributed by atoms with Gasteiger partial charge in [-0.3, -0.25) is 0 Å². The minimum Gasteiger partial charge on any atom is -0.313 e. The maximum absolute atomic E-state index is 14.0. The van der Waals surface area contributed by atoms with Crippen molar-refractivity contribution < 1.29 is 4.39 Å². The standard InChI is InChI=1S/C17H20FN/c1-3-10-19-12-14-6-4-5-7-15(14)16-11-13(2)8-9-17(16)18/h4-9,11,19H,3,10,12H2,1-2H3. The Labute approximate surface area is 114 Å². The van der Waals surface area contributed by atoms with Crippen LogP contribution in [0.4, 0.5) is 4.39 Å². The number of hydrogen-bond donors (Lipinski definition) is 1. The predicted octanol–water partition coefficient (Wildman–Crippen LogP) is 4.30. The molecule has 0 aliphatic rings. The Morgan fingerprint density at radius 1 is 1.05 bits per heavy atom. The molecule has 19 heavy (non-hydrogen) atoms. The molecule has 0 saturated heterocycles. The molecule has 0 bridgehead atoms. The van der Waals surface area contributed by atoms with Crippen molar-refractivity contribution in [1.82, 2.24) is 5.32 Å². The van der Waals surface area contributed by atoms with E-state index in [9.17, 15) is 4.39 Å². The molecule has 0 amide bonds. The van der Waals surface area contributed by atoms with Gasteiger partial charge in [0.25, 0.3) is 0 Å². The molecule has 0 radical (unpaired) electrons. The zero-order valence-electron chi connectivity index (χ0n) is 11.5. The average molecular weight is 257 g/mol. The highest BCUT2D eigenvalue weighted by molar-refractivity contribution is 5.68. The molecule has 2 aromatic carbocycles. The summed E-state index contributed by atoms with van der Waals surface area (Å²) >= 11 is 0. The lowest BCUT2D eigenvalue weighted by atomic mass is 9.97. The molecule has 1 N–H and O–H groups in total. The molecule has 0 saturated carbocycles. The molecule has 0 heterocycles. The summed E-state index contributed by atoms with van der Waals surface area (Å²) in [5.41, 5.74) is 3.88. The van der Waals surface area contributed by atoms with E-state index >= 15 is 0 Å². The maximum Gasteiger partial charge on any atom is 0.131 e. The Kier molecular flexibility index (Phi) is 4.69. The first kappa shape index (κ1) is 13.8. The second-order valence-corrected chi connectivity index (χ2v) is 4.82. The third-order valence-electron chi connectivity index (χ3n) is 3.17. The normalized spacial score (nSPS) is 10.7. The van der Waals surface area contributed by atoms with Gasteiger partial charge in [0.2, 0.25) is 0 Å². The van der Waals surface area contributed by atoms with Crippen LogP contribution in [-0.2, 0) is 6.54 Å². The Morgan fingerprint density at radius 2 is 1.84 bits per heavy atom. The van der Waals surface area contributed by atoms with Gasteiger partial charge in [0, 0.05) is 12.1 Å². The van der Waals surface area contributed by atoms with Crippen molar-refractivity contribution in [3.8, 4) is 11.1 Å². The summed E-state index contributed by atoms with van der Waals surface area (Å²) in [5.74, 6) is -0.159. The summed E-state index contributed by atoms with van der Waals surface area (Å²) in [4.78, 5) is 0. The lowest BCUT2D eigenvalue weighted by Gasteiger charge is -2.12. The average Bonchev–Trinajstić information content (AvgIpc) is 2.42. The fourth-order valence-electron chi connectivity index (χ4n) is 2.18. The second-order valence-electron chi connectivity index (χ2n) is 4.82. The van der Waals surface area contributed by atoms with Crippen LogP contribution in [0.2, 0.25) is 0 Å². The number of aryl methyl sites for hydroxylation is 1. The Hall–Kier alpha value is -1.67. The van der Waals surface area contributed by atoms with Crippen LogP contribution in [0, 0.1) is 12.7 Å². The van der Waals surface area contributed by atoms with Crippen molar-refractivity contribution in [2.24, 2.45) is 0 Å².